The van der Waals surface area contributed by atoms with Gasteiger partial charge in [0.2, 0.25) is 0 Å². The van der Waals surface area contributed by atoms with Gasteiger partial charge in [0, 0.05) is 15.9 Å². The first-order valence-electron chi connectivity index (χ1n) is 5.42. The van der Waals surface area contributed by atoms with Gasteiger partial charge in [-0.2, -0.15) is 11.3 Å². The number of hydrogen-bond donors (Lipinski definition) is 1. The topological polar surface area (TPSA) is 26.0 Å². The molecule has 0 fully saturated rings. The third kappa shape index (κ3) is 2.92. The van der Waals surface area contributed by atoms with Crippen LogP contribution in [0.5, 0.6) is 0 Å². The third-order valence-corrected chi connectivity index (χ3v) is 4.66. The van der Waals surface area contributed by atoms with Crippen LogP contribution in [0.4, 0.5) is 0 Å². The van der Waals surface area contributed by atoms with Crippen LogP contribution in [0.1, 0.15) is 43.7 Å². The SMILES string of the molecule is NC(CC1=CCCCC1)c1cscc1Br. The van der Waals surface area contributed by atoms with Gasteiger partial charge < -0.3 is 5.73 Å². The van der Waals surface area contributed by atoms with Crippen molar-refractivity contribution < 1.29 is 0 Å². The van der Waals surface area contributed by atoms with Crippen molar-refractivity contribution in [1.29, 1.82) is 0 Å². The summed E-state index contributed by atoms with van der Waals surface area (Å²) in [5.74, 6) is 0. The van der Waals surface area contributed by atoms with Crippen LogP contribution >= 0.6 is 27.3 Å². The number of hydrogen-bond acceptors (Lipinski definition) is 2. The predicted octanol–water partition coefficient (Wildman–Crippen LogP) is 4.40. The van der Waals surface area contributed by atoms with E-state index < -0.39 is 0 Å². The van der Waals surface area contributed by atoms with E-state index in [-0.39, 0.29) is 6.04 Å². The quantitative estimate of drug-likeness (QED) is 0.819. The fourth-order valence-electron chi connectivity index (χ4n) is 2.04. The van der Waals surface area contributed by atoms with Gasteiger partial charge >= 0.3 is 0 Å². The average Bonchev–Trinajstić information content (AvgIpc) is 2.66. The second kappa shape index (κ2) is 5.28. The highest BCUT2D eigenvalue weighted by Gasteiger charge is 2.13. The molecular formula is C12H16BrNS. The van der Waals surface area contributed by atoms with Crippen LogP contribution in [-0.4, -0.2) is 0 Å². The summed E-state index contributed by atoms with van der Waals surface area (Å²) in [6.07, 6.45) is 8.57. The van der Waals surface area contributed by atoms with Crippen molar-refractivity contribution in [3.63, 3.8) is 0 Å². The highest BCUT2D eigenvalue weighted by molar-refractivity contribution is 9.10. The third-order valence-electron chi connectivity index (χ3n) is 2.91. The maximum atomic E-state index is 6.21. The monoisotopic (exact) mass is 285 g/mol. The molecule has 1 aliphatic rings. The first-order valence-corrected chi connectivity index (χ1v) is 7.16. The van der Waals surface area contributed by atoms with Crippen molar-refractivity contribution in [2.45, 2.75) is 38.1 Å². The summed E-state index contributed by atoms with van der Waals surface area (Å²) < 4.78 is 1.16. The van der Waals surface area contributed by atoms with E-state index in [1.807, 2.05) is 0 Å². The van der Waals surface area contributed by atoms with Crippen LogP contribution in [-0.2, 0) is 0 Å². The maximum Gasteiger partial charge on any atom is 0.0352 e. The molecule has 1 aromatic heterocycles. The standard InChI is InChI=1S/C12H16BrNS/c13-11-8-15-7-10(11)12(14)6-9-4-2-1-3-5-9/h4,7-8,12H,1-3,5-6,14H2. The molecule has 0 saturated heterocycles. The largest absolute Gasteiger partial charge is 0.324 e. The molecule has 1 aliphatic carbocycles. The van der Waals surface area contributed by atoms with E-state index in [1.54, 1.807) is 16.9 Å². The van der Waals surface area contributed by atoms with Crippen molar-refractivity contribution >= 4 is 27.3 Å². The summed E-state index contributed by atoms with van der Waals surface area (Å²) in [5, 5.41) is 4.25. The maximum absolute atomic E-state index is 6.21. The fraction of sp³-hybridized carbons (Fsp3) is 0.500. The number of rotatable bonds is 3. The molecule has 1 heterocycles. The Balaban J connectivity index is 2.00. The lowest BCUT2D eigenvalue weighted by molar-refractivity contribution is 0.628. The molecule has 0 amide bonds. The van der Waals surface area contributed by atoms with Crippen molar-refractivity contribution in [2.75, 3.05) is 0 Å². The first-order chi connectivity index (χ1) is 7.27. The van der Waals surface area contributed by atoms with Crippen LogP contribution in [0.3, 0.4) is 0 Å². The van der Waals surface area contributed by atoms with Gasteiger partial charge in [0.25, 0.3) is 0 Å². The van der Waals surface area contributed by atoms with Crippen molar-refractivity contribution in [3.05, 3.63) is 32.4 Å². The number of halogens is 1. The molecule has 0 bridgehead atoms. The van der Waals surface area contributed by atoms with E-state index in [1.165, 1.54) is 31.2 Å². The number of nitrogens with two attached hydrogens (primary N) is 1. The summed E-state index contributed by atoms with van der Waals surface area (Å²) in [5.41, 5.74) is 9.01. The van der Waals surface area contributed by atoms with E-state index in [0.717, 1.165) is 10.9 Å². The molecule has 0 aromatic carbocycles. The molecule has 0 aliphatic heterocycles. The molecule has 1 nitrogen and oxygen atoms in total. The van der Waals surface area contributed by atoms with Crippen LogP contribution in [0.15, 0.2) is 26.9 Å². The highest BCUT2D eigenvalue weighted by Crippen LogP contribution is 2.31. The molecule has 82 valence electrons. The summed E-state index contributed by atoms with van der Waals surface area (Å²) in [6.45, 7) is 0. The number of thiophene rings is 1. The second-order valence-electron chi connectivity index (χ2n) is 4.09. The zero-order valence-electron chi connectivity index (χ0n) is 8.71. The van der Waals surface area contributed by atoms with E-state index in [2.05, 4.69) is 32.8 Å². The van der Waals surface area contributed by atoms with Gasteiger partial charge in [0.05, 0.1) is 0 Å². The second-order valence-corrected chi connectivity index (χ2v) is 5.69. The molecule has 0 saturated carbocycles. The van der Waals surface area contributed by atoms with E-state index in [4.69, 9.17) is 5.73 Å². The molecule has 1 atom stereocenters. The molecule has 1 unspecified atom stereocenters. The Morgan fingerprint density at radius 1 is 1.40 bits per heavy atom. The van der Waals surface area contributed by atoms with Gasteiger partial charge in [-0.25, -0.2) is 0 Å². The van der Waals surface area contributed by atoms with E-state index in [0.29, 0.717) is 0 Å². The lowest BCUT2D eigenvalue weighted by Crippen LogP contribution is -2.11. The van der Waals surface area contributed by atoms with Crippen molar-refractivity contribution in [1.82, 2.24) is 0 Å². The summed E-state index contributed by atoms with van der Waals surface area (Å²) in [6, 6.07) is 0.162. The Morgan fingerprint density at radius 2 is 2.27 bits per heavy atom. The summed E-state index contributed by atoms with van der Waals surface area (Å²) >= 11 is 5.25. The van der Waals surface area contributed by atoms with Crippen molar-refractivity contribution in [3.8, 4) is 0 Å². The zero-order chi connectivity index (χ0) is 10.7. The summed E-state index contributed by atoms with van der Waals surface area (Å²) in [4.78, 5) is 0. The number of allylic oxidation sites excluding steroid dienone is 1. The molecule has 15 heavy (non-hydrogen) atoms. The molecule has 3 heteroatoms. The van der Waals surface area contributed by atoms with E-state index in [9.17, 15) is 0 Å². The molecular weight excluding hydrogens is 270 g/mol. The van der Waals surface area contributed by atoms with Crippen LogP contribution < -0.4 is 5.73 Å². The van der Waals surface area contributed by atoms with Crippen LogP contribution in [0, 0.1) is 0 Å². The molecule has 1 aromatic rings. The Hall–Kier alpha value is -0.120. The minimum absolute atomic E-state index is 0.162. The first kappa shape index (κ1) is 11.4. The molecule has 2 rings (SSSR count). The Labute approximate surface area is 104 Å². The Morgan fingerprint density at radius 3 is 2.87 bits per heavy atom. The van der Waals surface area contributed by atoms with Gasteiger partial charge in [0.15, 0.2) is 0 Å². The smallest absolute Gasteiger partial charge is 0.0352 e. The molecule has 0 spiro atoms. The van der Waals surface area contributed by atoms with Gasteiger partial charge in [-0.3, -0.25) is 0 Å². The minimum Gasteiger partial charge on any atom is -0.324 e. The Bertz CT molecular complexity index is 356. The Kier molecular flexibility index (Phi) is 4.00. The van der Waals surface area contributed by atoms with Gasteiger partial charge in [-0.1, -0.05) is 11.6 Å². The zero-order valence-corrected chi connectivity index (χ0v) is 11.1. The average molecular weight is 286 g/mol. The van der Waals surface area contributed by atoms with Gasteiger partial charge in [-0.05, 0) is 59.0 Å². The highest BCUT2D eigenvalue weighted by atomic mass is 79.9. The minimum atomic E-state index is 0.162. The van der Waals surface area contributed by atoms with E-state index >= 15 is 0 Å². The van der Waals surface area contributed by atoms with Gasteiger partial charge in [0.1, 0.15) is 0 Å². The molecule has 0 radical (unpaired) electrons. The van der Waals surface area contributed by atoms with Gasteiger partial charge in [-0.15, -0.1) is 0 Å². The van der Waals surface area contributed by atoms with Crippen molar-refractivity contribution in [2.24, 2.45) is 5.73 Å². The normalized spacial score (nSPS) is 18.7. The van der Waals surface area contributed by atoms with Crippen LogP contribution in [0.25, 0.3) is 0 Å². The molecule has 2 N–H and O–H groups in total. The lowest BCUT2D eigenvalue weighted by atomic mass is 9.93. The lowest BCUT2D eigenvalue weighted by Gasteiger charge is -2.17. The predicted molar refractivity (Wildman–Crippen MR) is 70.1 cm³/mol. The fourth-order valence-corrected chi connectivity index (χ4v) is 3.69. The summed E-state index contributed by atoms with van der Waals surface area (Å²) in [7, 11) is 0. The van der Waals surface area contributed by atoms with Crippen LogP contribution in [0.2, 0.25) is 0 Å².